The number of nitro groups is 1. The molecule has 0 saturated heterocycles. The fourth-order valence-electron chi connectivity index (χ4n) is 2.07. The lowest BCUT2D eigenvalue weighted by molar-refractivity contribution is -0.384. The first-order chi connectivity index (χ1) is 13.3. The minimum atomic E-state index is -1.82. The molecule has 2 aromatic rings. The Morgan fingerprint density at radius 1 is 1.00 bits per heavy atom. The molecule has 0 aromatic heterocycles. The van der Waals surface area contributed by atoms with E-state index in [1.165, 1.54) is 12.1 Å². The van der Waals surface area contributed by atoms with Crippen molar-refractivity contribution in [1.29, 1.82) is 0 Å². The zero-order chi connectivity index (χ0) is 21.1. The fraction of sp³-hybridized carbons (Fsp3) is 0.222. The molecule has 0 aliphatic carbocycles. The van der Waals surface area contributed by atoms with Gasteiger partial charge in [-0.3, -0.25) is 10.1 Å². The van der Waals surface area contributed by atoms with Gasteiger partial charge in [0.25, 0.3) is 5.69 Å². The maximum atomic E-state index is 10.6. The van der Waals surface area contributed by atoms with Gasteiger partial charge in [0.15, 0.2) is 0 Å². The first-order valence-corrected chi connectivity index (χ1v) is 7.89. The molecule has 0 unspecified atom stereocenters. The SMILES string of the molecule is COc1ccc(CNCc2ccc([N+](=O)[O-])cc2)c(OC)c1.O=C(O)C(=O)O. The molecule has 2 rings (SSSR count). The summed E-state index contributed by atoms with van der Waals surface area (Å²) >= 11 is 0. The van der Waals surface area contributed by atoms with Crippen molar-refractivity contribution in [2.45, 2.75) is 13.1 Å². The van der Waals surface area contributed by atoms with E-state index in [0.717, 1.165) is 22.6 Å². The van der Waals surface area contributed by atoms with E-state index in [4.69, 9.17) is 29.3 Å². The Hall–Kier alpha value is -3.66. The lowest BCUT2D eigenvalue weighted by Crippen LogP contribution is -2.13. The highest BCUT2D eigenvalue weighted by Crippen LogP contribution is 2.24. The third kappa shape index (κ3) is 7.30. The highest BCUT2D eigenvalue weighted by molar-refractivity contribution is 6.27. The van der Waals surface area contributed by atoms with Crippen LogP contribution in [-0.4, -0.2) is 41.3 Å². The molecule has 150 valence electrons. The number of methoxy groups -OCH3 is 2. The summed E-state index contributed by atoms with van der Waals surface area (Å²) in [6.07, 6.45) is 0. The van der Waals surface area contributed by atoms with Crippen molar-refractivity contribution in [2.75, 3.05) is 14.2 Å². The number of non-ortho nitro benzene ring substituents is 1. The van der Waals surface area contributed by atoms with E-state index in [0.29, 0.717) is 13.1 Å². The van der Waals surface area contributed by atoms with Crippen LogP contribution in [0.2, 0.25) is 0 Å². The normalized spacial score (nSPS) is 9.64. The van der Waals surface area contributed by atoms with Crippen LogP contribution in [0.5, 0.6) is 11.5 Å². The maximum absolute atomic E-state index is 10.6. The Morgan fingerprint density at radius 2 is 1.61 bits per heavy atom. The van der Waals surface area contributed by atoms with E-state index in [2.05, 4.69) is 5.32 Å². The predicted molar refractivity (Wildman–Crippen MR) is 98.5 cm³/mol. The Balaban J connectivity index is 0.000000568. The highest BCUT2D eigenvalue weighted by atomic mass is 16.6. The largest absolute Gasteiger partial charge is 0.497 e. The van der Waals surface area contributed by atoms with Crippen LogP contribution >= 0.6 is 0 Å². The summed E-state index contributed by atoms with van der Waals surface area (Å²) in [6, 6.07) is 12.2. The van der Waals surface area contributed by atoms with Gasteiger partial charge < -0.3 is 25.0 Å². The van der Waals surface area contributed by atoms with Crippen LogP contribution in [0, 0.1) is 10.1 Å². The summed E-state index contributed by atoms with van der Waals surface area (Å²) in [5.74, 6) is -2.14. The molecular formula is C18H20N2O8. The molecule has 0 radical (unpaired) electrons. The fourth-order valence-corrected chi connectivity index (χ4v) is 2.07. The van der Waals surface area contributed by atoms with Gasteiger partial charge in [-0.25, -0.2) is 9.59 Å². The number of hydrogen-bond donors (Lipinski definition) is 3. The number of carbonyl (C=O) groups is 2. The van der Waals surface area contributed by atoms with Crippen molar-refractivity contribution >= 4 is 17.6 Å². The monoisotopic (exact) mass is 392 g/mol. The Kier molecular flexibility index (Phi) is 8.90. The molecule has 0 amide bonds. The van der Waals surface area contributed by atoms with E-state index in [1.807, 2.05) is 18.2 Å². The summed E-state index contributed by atoms with van der Waals surface area (Å²) in [5, 5.41) is 28.7. The number of ether oxygens (including phenoxy) is 2. The molecule has 10 heteroatoms. The molecule has 0 aliphatic heterocycles. The van der Waals surface area contributed by atoms with Crippen molar-refractivity contribution in [3.63, 3.8) is 0 Å². The van der Waals surface area contributed by atoms with Crippen LogP contribution in [0.25, 0.3) is 0 Å². The molecule has 3 N–H and O–H groups in total. The van der Waals surface area contributed by atoms with Gasteiger partial charge in [0.05, 0.1) is 19.1 Å². The maximum Gasteiger partial charge on any atom is 0.414 e. The van der Waals surface area contributed by atoms with Crippen LogP contribution in [0.1, 0.15) is 11.1 Å². The number of nitro benzene ring substituents is 1. The first kappa shape index (κ1) is 22.4. The second-order valence-corrected chi connectivity index (χ2v) is 5.32. The Morgan fingerprint density at radius 3 is 2.07 bits per heavy atom. The Labute approximate surface area is 160 Å². The van der Waals surface area contributed by atoms with Crippen molar-refractivity contribution in [3.8, 4) is 11.5 Å². The van der Waals surface area contributed by atoms with Crippen LogP contribution in [0.15, 0.2) is 42.5 Å². The zero-order valence-electron chi connectivity index (χ0n) is 15.2. The molecule has 10 nitrogen and oxygen atoms in total. The summed E-state index contributed by atoms with van der Waals surface area (Å²) in [5.41, 5.74) is 2.10. The molecule has 2 aromatic carbocycles. The van der Waals surface area contributed by atoms with Crippen LogP contribution in [0.3, 0.4) is 0 Å². The van der Waals surface area contributed by atoms with Gasteiger partial charge in [-0.05, 0) is 11.6 Å². The van der Waals surface area contributed by atoms with E-state index in [-0.39, 0.29) is 5.69 Å². The molecule has 0 fully saturated rings. The lowest BCUT2D eigenvalue weighted by atomic mass is 10.1. The average Bonchev–Trinajstić information content (AvgIpc) is 2.68. The second-order valence-electron chi connectivity index (χ2n) is 5.32. The molecule has 0 bridgehead atoms. The summed E-state index contributed by atoms with van der Waals surface area (Å²) in [6.45, 7) is 1.25. The standard InChI is InChI=1S/C16H18N2O4.C2H2O4/c1-21-15-8-5-13(16(9-15)22-2)11-17-10-12-3-6-14(7-4-12)18(19)20;3-1(4)2(5)6/h3-9,17H,10-11H2,1-2H3;(H,3,4)(H,5,6). The van der Waals surface area contributed by atoms with E-state index >= 15 is 0 Å². The quantitative estimate of drug-likeness (QED) is 0.366. The number of rotatable bonds is 7. The molecule has 0 aliphatic rings. The van der Waals surface area contributed by atoms with Gasteiger partial charge in [0.2, 0.25) is 0 Å². The number of aliphatic carboxylic acids is 2. The summed E-state index contributed by atoms with van der Waals surface area (Å²) in [4.78, 5) is 28.4. The van der Waals surface area contributed by atoms with Gasteiger partial charge in [-0.2, -0.15) is 0 Å². The molecule has 0 heterocycles. The van der Waals surface area contributed by atoms with Gasteiger partial charge in [-0.1, -0.05) is 18.2 Å². The number of hydrogen-bond acceptors (Lipinski definition) is 7. The molecule has 28 heavy (non-hydrogen) atoms. The number of nitrogens with one attached hydrogen (secondary N) is 1. The average molecular weight is 392 g/mol. The number of nitrogens with zero attached hydrogens (tertiary/aromatic N) is 1. The third-order valence-corrected chi connectivity index (χ3v) is 3.47. The smallest absolute Gasteiger partial charge is 0.414 e. The van der Waals surface area contributed by atoms with E-state index < -0.39 is 16.9 Å². The van der Waals surface area contributed by atoms with Gasteiger partial charge in [0, 0.05) is 36.9 Å². The predicted octanol–water partition coefficient (Wildman–Crippen LogP) is 2.06. The van der Waals surface area contributed by atoms with Crippen molar-refractivity contribution in [2.24, 2.45) is 0 Å². The van der Waals surface area contributed by atoms with Gasteiger partial charge in [-0.15, -0.1) is 0 Å². The van der Waals surface area contributed by atoms with Crippen LogP contribution < -0.4 is 14.8 Å². The molecular weight excluding hydrogens is 372 g/mol. The molecule has 0 atom stereocenters. The van der Waals surface area contributed by atoms with E-state index in [9.17, 15) is 10.1 Å². The first-order valence-electron chi connectivity index (χ1n) is 7.89. The van der Waals surface area contributed by atoms with Crippen LogP contribution in [-0.2, 0) is 22.7 Å². The highest BCUT2D eigenvalue weighted by Gasteiger charge is 2.06. The minimum Gasteiger partial charge on any atom is -0.497 e. The van der Waals surface area contributed by atoms with E-state index in [1.54, 1.807) is 26.4 Å². The van der Waals surface area contributed by atoms with Gasteiger partial charge >= 0.3 is 11.9 Å². The topological polar surface area (TPSA) is 148 Å². The van der Waals surface area contributed by atoms with Gasteiger partial charge in [0.1, 0.15) is 11.5 Å². The summed E-state index contributed by atoms with van der Waals surface area (Å²) < 4.78 is 10.5. The minimum absolute atomic E-state index is 0.0978. The Bertz CT molecular complexity index is 809. The molecule has 0 saturated carbocycles. The lowest BCUT2D eigenvalue weighted by Gasteiger charge is -2.11. The van der Waals surface area contributed by atoms with Crippen molar-refractivity contribution in [3.05, 3.63) is 63.7 Å². The van der Waals surface area contributed by atoms with Crippen molar-refractivity contribution in [1.82, 2.24) is 5.32 Å². The van der Waals surface area contributed by atoms with Crippen LogP contribution in [0.4, 0.5) is 5.69 Å². The van der Waals surface area contributed by atoms with Crippen molar-refractivity contribution < 1.29 is 34.2 Å². The summed E-state index contributed by atoms with van der Waals surface area (Å²) in [7, 11) is 3.23. The second kappa shape index (κ2) is 11.1. The number of benzene rings is 2. The number of carboxylic acids is 2. The number of carboxylic acid groups (broad SMARTS) is 2. The molecule has 0 spiro atoms. The third-order valence-electron chi connectivity index (χ3n) is 3.47. The zero-order valence-corrected chi connectivity index (χ0v) is 15.2.